The molecule has 0 spiro atoms. The zero-order chi connectivity index (χ0) is 12.9. The fourth-order valence-corrected chi connectivity index (χ4v) is 3.28. The molecule has 0 unspecified atom stereocenters. The van der Waals surface area contributed by atoms with E-state index in [0.717, 1.165) is 26.4 Å². The summed E-state index contributed by atoms with van der Waals surface area (Å²) >= 11 is 0. The Morgan fingerprint density at radius 3 is 1.28 bits per heavy atom. The number of nitrogens with zero attached hydrogens (tertiary/aromatic N) is 2. The highest BCUT2D eigenvalue weighted by Gasteiger charge is 2.35. The molecule has 4 heteroatoms. The number of quaternary nitrogens is 2. The number of morpholine rings is 2. The molecule has 18 heavy (non-hydrogen) atoms. The van der Waals surface area contributed by atoms with Crippen molar-refractivity contribution in [2.75, 3.05) is 78.8 Å². The van der Waals surface area contributed by atoms with E-state index in [9.17, 15) is 0 Å². The lowest BCUT2D eigenvalue weighted by molar-refractivity contribution is -0.985. The van der Waals surface area contributed by atoms with Gasteiger partial charge < -0.3 is 18.4 Å². The Morgan fingerprint density at radius 1 is 0.667 bits per heavy atom. The Kier molecular flexibility index (Phi) is 5.01. The summed E-state index contributed by atoms with van der Waals surface area (Å²) in [5, 5.41) is 0. The number of ether oxygens (including phenoxy) is 2. The minimum Gasteiger partial charge on any atom is -0.370 e. The molecule has 0 aliphatic carbocycles. The van der Waals surface area contributed by atoms with Crippen LogP contribution in [-0.2, 0) is 9.47 Å². The number of hydrogen-bond acceptors (Lipinski definition) is 2. The van der Waals surface area contributed by atoms with Crippen molar-refractivity contribution in [1.29, 1.82) is 0 Å². The van der Waals surface area contributed by atoms with Gasteiger partial charge in [0.05, 0.1) is 39.5 Å². The van der Waals surface area contributed by atoms with Gasteiger partial charge in [-0.05, 0) is 13.8 Å². The van der Waals surface area contributed by atoms with Gasteiger partial charge in [-0.25, -0.2) is 0 Å². The number of rotatable bonds is 5. The zero-order valence-corrected chi connectivity index (χ0v) is 12.2. The molecule has 0 aromatic heterocycles. The van der Waals surface area contributed by atoms with Gasteiger partial charge in [0, 0.05) is 0 Å². The Morgan fingerprint density at radius 2 is 1.00 bits per heavy atom. The van der Waals surface area contributed by atoms with Crippen LogP contribution in [0.2, 0.25) is 0 Å². The quantitative estimate of drug-likeness (QED) is 0.677. The lowest BCUT2D eigenvalue weighted by atomic mass is 10.2. The van der Waals surface area contributed by atoms with Gasteiger partial charge in [-0.15, -0.1) is 0 Å². The third-order valence-corrected chi connectivity index (χ3v) is 5.23. The molecular formula is C14H30N2O2+2. The molecule has 2 fully saturated rings. The van der Waals surface area contributed by atoms with Crippen molar-refractivity contribution in [3.8, 4) is 0 Å². The van der Waals surface area contributed by atoms with Gasteiger partial charge in [0.15, 0.2) is 0 Å². The van der Waals surface area contributed by atoms with Crippen LogP contribution in [-0.4, -0.2) is 87.8 Å². The summed E-state index contributed by atoms with van der Waals surface area (Å²) in [5.74, 6) is 0. The third kappa shape index (κ3) is 3.23. The van der Waals surface area contributed by atoms with Crippen LogP contribution in [0.1, 0.15) is 13.8 Å². The zero-order valence-electron chi connectivity index (χ0n) is 12.2. The molecule has 2 heterocycles. The van der Waals surface area contributed by atoms with Crippen molar-refractivity contribution >= 4 is 0 Å². The first-order valence-electron chi connectivity index (χ1n) is 7.60. The fraction of sp³-hybridized carbons (Fsp3) is 1.00. The van der Waals surface area contributed by atoms with Crippen LogP contribution in [0.25, 0.3) is 0 Å². The van der Waals surface area contributed by atoms with Crippen molar-refractivity contribution < 1.29 is 18.4 Å². The summed E-state index contributed by atoms with van der Waals surface area (Å²) in [4.78, 5) is 0. The second-order valence-electron chi connectivity index (χ2n) is 5.88. The molecule has 0 amide bonds. The summed E-state index contributed by atoms with van der Waals surface area (Å²) in [6.07, 6.45) is 0. The highest BCUT2D eigenvalue weighted by molar-refractivity contribution is 4.53. The second kappa shape index (κ2) is 6.33. The summed E-state index contributed by atoms with van der Waals surface area (Å²) in [7, 11) is 0. The van der Waals surface area contributed by atoms with Crippen LogP contribution in [0.15, 0.2) is 0 Å². The van der Waals surface area contributed by atoms with E-state index in [1.165, 1.54) is 61.3 Å². The van der Waals surface area contributed by atoms with E-state index in [4.69, 9.17) is 9.47 Å². The van der Waals surface area contributed by atoms with Crippen LogP contribution in [0.3, 0.4) is 0 Å². The molecule has 0 saturated carbocycles. The molecule has 0 atom stereocenters. The third-order valence-electron chi connectivity index (χ3n) is 5.23. The lowest BCUT2D eigenvalue weighted by Gasteiger charge is -2.45. The number of hydrogen-bond donors (Lipinski definition) is 0. The Hall–Kier alpha value is -0.160. The van der Waals surface area contributed by atoms with Crippen LogP contribution in [0, 0.1) is 0 Å². The average molecular weight is 258 g/mol. The van der Waals surface area contributed by atoms with Crippen molar-refractivity contribution in [3.63, 3.8) is 0 Å². The first kappa shape index (κ1) is 14.3. The fourth-order valence-electron chi connectivity index (χ4n) is 3.28. The van der Waals surface area contributed by atoms with Gasteiger partial charge in [0.1, 0.15) is 39.3 Å². The molecule has 4 nitrogen and oxygen atoms in total. The van der Waals surface area contributed by atoms with Gasteiger partial charge in [-0.2, -0.15) is 0 Å². The van der Waals surface area contributed by atoms with Gasteiger partial charge in [0.2, 0.25) is 0 Å². The summed E-state index contributed by atoms with van der Waals surface area (Å²) < 4.78 is 13.6. The minimum absolute atomic E-state index is 0.947. The molecule has 2 aliphatic rings. The maximum atomic E-state index is 5.53. The molecule has 106 valence electrons. The summed E-state index contributed by atoms with van der Waals surface area (Å²) in [5.41, 5.74) is 0. The van der Waals surface area contributed by atoms with Crippen molar-refractivity contribution in [2.45, 2.75) is 13.8 Å². The predicted octanol–water partition coefficient (Wildman–Crippen LogP) is 0.720. The maximum Gasteiger partial charge on any atom is 0.129 e. The smallest absolute Gasteiger partial charge is 0.129 e. The van der Waals surface area contributed by atoms with E-state index < -0.39 is 0 Å². The summed E-state index contributed by atoms with van der Waals surface area (Å²) in [6.45, 7) is 18.4. The van der Waals surface area contributed by atoms with Gasteiger partial charge in [-0.1, -0.05) is 0 Å². The van der Waals surface area contributed by atoms with Gasteiger partial charge >= 0.3 is 0 Å². The average Bonchev–Trinajstić information content (AvgIpc) is 2.47. The highest BCUT2D eigenvalue weighted by Crippen LogP contribution is 2.16. The second-order valence-corrected chi connectivity index (χ2v) is 5.88. The first-order valence-corrected chi connectivity index (χ1v) is 7.60. The maximum absolute atomic E-state index is 5.53. The Bertz CT molecular complexity index is 220. The van der Waals surface area contributed by atoms with Crippen LogP contribution in [0.4, 0.5) is 0 Å². The molecule has 2 rings (SSSR count). The van der Waals surface area contributed by atoms with Crippen LogP contribution < -0.4 is 0 Å². The van der Waals surface area contributed by atoms with E-state index in [2.05, 4.69) is 13.8 Å². The molecule has 0 radical (unpaired) electrons. The monoisotopic (exact) mass is 258 g/mol. The van der Waals surface area contributed by atoms with E-state index in [1.54, 1.807) is 0 Å². The van der Waals surface area contributed by atoms with Crippen molar-refractivity contribution in [1.82, 2.24) is 0 Å². The van der Waals surface area contributed by atoms with E-state index in [-0.39, 0.29) is 0 Å². The Balaban J connectivity index is 1.91. The molecule has 0 bridgehead atoms. The SMILES string of the molecule is CC[N+]1(CC[N+]2(CC)CCOCC2)CCOCC1. The summed E-state index contributed by atoms with van der Waals surface area (Å²) in [6, 6.07) is 0. The van der Waals surface area contributed by atoms with Crippen LogP contribution in [0.5, 0.6) is 0 Å². The van der Waals surface area contributed by atoms with Gasteiger partial charge in [-0.3, -0.25) is 0 Å². The lowest BCUT2D eigenvalue weighted by Crippen LogP contribution is -2.63. The predicted molar refractivity (Wildman–Crippen MR) is 72.4 cm³/mol. The van der Waals surface area contributed by atoms with Crippen molar-refractivity contribution in [2.24, 2.45) is 0 Å². The molecule has 0 aromatic rings. The van der Waals surface area contributed by atoms with Crippen molar-refractivity contribution in [3.05, 3.63) is 0 Å². The normalized spacial score (nSPS) is 27.0. The Labute approximate surface area is 112 Å². The van der Waals surface area contributed by atoms with E-state index in [1.807, 2.05) is 0 Å². The standard InChI is InChI=1S/C14H30N2O2/c1-3-15(7-11-17-12-8-15)5-6-16(4-2)9-13-18-14-10-16/h3-14H2,1-2H3/q+2. The van der Waals surface area contributed by atoms with Gasteiger partial charge in [0.25, 0.3) is 0 Å². The molecule has 0 aromatic carbocycles. The topological polar surface area (TPSA) is 18.5 Å². The molecule has 0 N–H and O–H groups in total. The molecule has 2 aliphatic heterocycles. The highest BCUT2D eigenvalue weighted by atomic mass is 16.5. The largest absolute Gasteiger partial charge is 0.370 e. The van der Waals surface area contributed by atoms with E-state index in [0.29, 0.717) is 0 Å². The molecule has 2 saturated heterocycles. The van der Waals surface area contributed by atoms with Crippen LogP contribution >= 0.6 is 0 Å². The first-order chi connectivity index (χ1) is 8.74. The van der Waals surface area contributed by atoms with E-state index >= 15 is 0 Å². The minimum atomic E-state index is 0.947. The number of likely N-dealkylation sites (N-methyl/N-ethyl adjacent to an activating group) is 2. The molecular weight excluding hydrogens is 228 g/mol.